The molecule has 1 heterocycles. The Hall–Kier alpha value is -4.72. The summed E-state index contributed by atoms with van der Waals surface area (Å²) in [6.07, 6.45) is 4.48. The largest absolute Gasteiger partial charge is 0.490 e. The smallest absolute Gasteiger partial charge is 0.336 e. The maximum absolute atomic E-state index is 13.4. The van der Waals surface area contributed by atoms with Crippen molar-refractivity contribution in [3.63, 3.8) is 0 Å². The lowest BCUT2D eigenvalue weighted by atomic mass is 10.2. The number of esters is 1. The van der Waals surface area contributed by atoms with Gasteiger partial charge in [-0.05, 0) is 90.9 Å². The normalized spacial score (nSPS) is 11.4. The van der Waals surface area contributed by atoms with Crippen molar-refractivity contribution in [1.29, 1.82) is 0 Å². The fraction of sp³-hybridized carbons (Fsp3) is 0.0625. The third-order valence-electron chi connectivity index (χ3n) is 5.94. The van der Waals surface area contributed by atoms with Crippen molar-refractivity contribution in [3.8, 4) is 22.9 Å². The van der Waals surface area contributed by atoms with Crippen LogP contribution in [-0.4, -0.2) is 28.5 Å². The molecular weight excluding hydrogens is 561 g/mol. The van der Waals surface area contributed by atoms with Crippen molar-refractivity contribution < 1.29 is 14.3 Å². The average molecular weight is 584 g/mol. The van der Waals surface area contributed by atoms with E-state index in [0.29, 0.717) is 50.3 Å². The fourth-order valence-corrected chi connectivity index (χ4v) is 4.23. The second kappa shape index (κ2) is 12.6. The Balaban J connectivity index is 1.45. The maximum Gasteiger partial charge on any atom is 0.336 e. The molecule has 0 aliphatic rings. The number of fused-ring (bicyclic) bond motifs is 1. The van der Waals surface area contributed by atoms with Crippen molar-refractivity contribution in [3.05, 3.63) is 129 Å². The highest BCUT2D eigenvalue weighted by atomic mass is 35.5. The minimum atomic E-state index is -0.566. The standard InChI is InChI=1S/C32H23Cl2N3O4/c1-2-40-29-19-22(9-17-28(29)41-30(38)18-10-21-7-13-24(33)14-8-21)20-35-37-31(23-11-15-25(34)16-12-23)36-27-6-4-3-5-26(27)32(37)39/h3-20H,2H2,1H3/b18-10+,35-20?. The molecule has 204 valence electrons. The summed E-state index contributed by atoms with van der Waals surface area (Å²) in [5, 5.41) is 6.10. The molecule has 0 atom stereocenters. The minimum absolute atomic E-state index is 0.251. The summed E-state index contributed by atoms with van der Waals surface area (Å²) in [6.45, 7) is 2.17. The number of halogens is 2. The molecule has 0 N–H and O–H groups in total. The van der Waals surface area contributed by atoms with Crippen LogP contribution in [0, 0.1) is 0 Å². The van der Waals surface area contributed by atoms with Crippen LogP contribution in [0.25, 0.3) is 28.4 Å². The molecule has 0 spiro atoms. The van der Waals surface area contributed by atoms with Gasteiger partial charge in [0.1, 0.15) is 0 Å². The Bertz CT molecular complexity index is 1830. The van der Waals surface area contributed by atoms with Crippen LogP contribution < -0.4 is 15.0 Å². The van der Waals surface area contributed by atoms with Crippen LogP contribution in [0.5, 0.6) is 11.5 Å². The van der Waals surface area contributed by atoms with E-state index in [-0.39, 0.29) is 11.3 Å². The first kappa shape index (κ1) is 27.8. The van der Waals surface area contributed by atoms with Crippen molar-refractivity contribution >= 4 is 52.4 Å². The van der Waals surface area contributed by atoms with Crippen molar-refractivity contribution in [2.45, 2.75) is 6.92 Å². The van der Waals surface area contributed by atoms with Gasteiger partial charge in [0.2, 0.25) is 0 Å². The summed E-state index contributed by atoms with van der Waals surface area (Å²) in [6, 6.07) is 26.2. The topological polar surface area (TPSA) is 82.8 Å². The van der Waals surface area contributed by atoms with E-state index in [1.165, 1.54) is 17.0 Å². The quantitative estimate of drug-likeness (QED) is 0.0829. The summed E-state index contributed by atoms with van der Waals surface area (Å²) in [5.74, 6) is 0.404. The van der Waals surface area contributed by atoms with Gasteiger partial charge in [-0.15, -0.1) is 0 Å². The van der Waals surface area contributed by atoms with Gasteiger partial charge in [0.25, 0.3) is 5.56 Å². The lowest BCUT2D eigenvalue weighted by Crippen LogP contribution is -2.20. The fourth-order valence-electron chi connectivity index (χ4n) is 3.98. The SMILES string of the molecule is CCOc1cc(C=Nn2c(-c3ccc(Cl)cc3)nc3ccccc3c2=O)ccc1OC(=O)/C=C/c1ccc(Cl)cc1. The van der Waals surface area contributed by atoms with Gasteiger partial charge in [0.15, 0.2) is 17.3 Å². The Morgan fingerprint density at radius 1 is 0.902 bits per heavy atom. The Kier molecular flexibility index (Phi) is 8.58. The monoisotopic (exact) mass is 583 g/mol. The Labute approximate surface area is 245 Å². The zero-order valence-corrected chi connectivity index (χ0v) is 23.3. The highest BCUT2D eigenvalue weighted by molar-refractivity contribution is 6.30. The van der Waals surface area contributed by atoms with Gasteiger partial charge in [-0.2, -0.15) is 9.78 Å². The summed E-state index contributed by atoms with van der Waals surface area (Å²) >= 11 is 12.0. The number of para-hydroxylation sites is 1. The van der Waals surface area contributed by atoms with Gasteiger partial charge in [0.05, 0.1) is 23.7 Å². The predicted octanol–water partition coefficient (Wildman–Crippen LogP) is 7.27. The maximum atomic E-state index is 13.4. The molecule has 5 aromatic rings. The van der Waals surface area contributed by atoms with E-state index in [1.807, 2.05) is 13.0 Å². The first-order valence-corrected chi connectivity index (χ1v) is 13.4. The third-order valence-corrected chi connectivity index (χ3v) is 6.44. The number of aromatic nitrogens is 2. The number of hydrogen-bond donors (Lipinski definition) is 0. The lowest BCUT2D eigenvalue weighted by Gasteiger charge is -2.11. The van der Waals surface area contributed by atoms with Crippen LogP contribution in [0.4, 0.5) is 0 Å². The molecule has 5 rings (SSSR count). The molecule has 0 bridgehead atoms. The third kappa shape index (κ3) is 6.72. The van der Waals surface area contributed by atoms with Crippen molar-refractivity contribution in [2.75, 3.05) is 6.61 Å². The molecule has 9 heteroatoms. The molecule has 7 nitrogen and oxygen atoms in total. The van der Waals surface area contributed by atoms with Gasteiger partial charge in [-0.3, -0.25) is 4.79 Å². The highest BCUT2D eigenvalue weighted by Gasteiger charge is 2.13. The first-order valence-electron chi connectivity index (χ1n) is 12.7. The molecule has 4 aromatic carbocycles. The van der Waals surface area contributed by atoms with Crippen LogP contribution in [0.3, 0.4) is 0 Å². The minimum Gasteiger partial charge on any atom is -0.490 e. The Morgan fingerprint density at radius 3 is 2.32 bits per heavy atom. The van der Waals surface area contributed by atoms with Crippen LogP contribution in [0.2, 0.25) is 10.0 Å². The summed E-state index contributed by atoms with van der Waals surface area (Å²) < 4.78 is 12.5. The zero-order chi connectivity index (χ0) is 28.8. The van der Waals surface area contributed by atoms with Gasteiger partial charge in [0, 0.05) is 21.7 Å². The number of hydrogen-bond acceptors (Lipinski definition) is 6. The number of ether oxygens (including phenoxy) is 2. The molecular formula is C32H23Cl2N3O4. The molecule has 1 aromatic heterocycles. The molecule has 0 unspecified atom stereocenters. The summed E-state index contributed by atoms with van der Waals surface area (Å²) in [4.78, 5) is 30.6. The summed E-state index contributed by atoms with van der Waals surface area (Å²) in [5.41, 5.74) is 2.34. The van der Waals surface area contributed by atoms with Crippen molar-refractivity contribution in [1.82, 2.24) is 9.66 Å². The number of nitrogens with zero attached hydrogens (tertiary/aromatic N) is 3. The molecule has 0 aliphatic heterocycles. The number of carbonyl (C=O) groups excluding carboxylic acids is 1. The number of benzene rings is 4. The van der Waals surface area contributed by atoms with E-state index in [1.54, 1.807) is 91.0 Å². The van der Waals surface area contributed by atoms with Crippen LogP contribution in [-0.2, 0) is 4.79 Å². The van der Waals surface area contributed by atoms with E-state index >= 15 is 0 Å². The average Bonchev–Trinajstić information content (AvgIpc) is 2.98. The molecule has 0 radical (unpaired) electrons. The second-order valence-corrected chi connectivity index (χ2v) is 9.64. The highest BCUT2D eigenvalue weighted by Crippen LogP contribution is 2.29. The van der Waals surface area contributed by atoms with Gasteiger partial charge in [-0.25, -0.2) is 9.78 Å². The molecule has 0 saturated carbocycles. The Morgan fingerprint density at radius 2 is 1.59 bits per heavy atom. The molecule has 41 heavy (non-hydrogen) atoms. The van der Waals surface area contributed by atoms with Gasteiger partial charge in [-0.1, -0.05) is 47.5 Å². The summed E-state index contributed by atoms with van der Waals surface area (Å²) in [7, 11) is 0. The molecule has 0 saturated heterocycles. The lowest BCUT2D eigenvalue weighted by molar-refractivity contribution is -0.129. The van der Waals surface area contributed by atoms with E-state index < -0.39 is 5.97 Å². The number of rotatable bonds is 8. The molecule has 0 fully saturated rings. The molecule has 0 amide bonds. The second-order valence-electron chi connectivity index (χ2n) is 8.77. The first-order chi connectivity index (χ1) is 19.9. The number of carbonyl (C=O) groups is 1. The van der Waals surface area contributed by atoms with Crippen molar-refractivity contribution in [2.24, 2.45) is 5.10 Å². The van der Waals surface area contributed by atoms with E-state index in [9.17, 15) is 9.59 Å². The van der Waals surface area contributed by atoms with Gasteiger partial charge >= 0.3 is 5.97 Å². The van der Waals surface area contributed by atoms with E-state index in [0.717, 1.165) is 5.56 Å². The van der Waals surface area contributed by atoms with E-state index in [4.69, 9.17) is 37.7 Å². The van der Waals surface area contributed by atoms with Crippen LogP contribution in [0.15, 0.2) is 107 Å². The van der Waals surface area contributed by atoms with E-state index in [2.05, 4.69) is 5.10 Å². The molecule has 0 aliphatic carbocycles. The zero-order valence-electron chi connectivity index (χ0n) is 21.8. The predicted molar refractivity (Wildman–Crippen MR) is 163 cm³/mol. The van der Waals surface area contributed by atoms with Crippen LogP contribution >= 0.6 is 23.2 Å². The van der Waals surface area contributed by atoms with Crippen LogP contribution in [0.1, 0.15) is 18.1 Å². The van der Waals surface area contributed by atoms with Gasteiger partial charge < -0.3 is 9.47 Å².